The SMILES string of the molecule is Oc1cccc2ccc(/C=C/c3ccc4c(c3)Cc3ccccc3-4)nc12. The second kappa shape index (κ2) is 5.85. The van der Waals surface area contributed by atoms with Crippen LogP contribution < -0.4 is 0 Å². The number of benzene rings is 3. The van der Waals surface area contributed by atoms with Gasteiger partial charge in [0.1, 0.15) is 11.3 Å². The average Bonchev–Trinajstić information content (AvgIpc) is 3.04. The van der Waals surface area contributed by atoms with E-state index in [4.69, 9.17) is 0 Å². The van der Waals surface area contributed by atoms with Gasteiger partial charge in [-0.05, 0) is 52.4 Å². The predicted molar refractivity (Wildman–Crippen MR) is 107 cm³/mol. The lowest BCUT2D eigenvalue weighted by molar-refractivity contribution is 0.480. The fourth-order valence-corrected chi connectivity index (χ4v) is 3.69. The second-order valence-electron chi connectivity index (χ2n) is 6.67. The Bertz CT molecular complexity index is 1170. The van der Waals surface area contributed by atoms with Crippen LogP contribution in [0.25, 0.3) is 34.2 Å². The van der Waals surface area contributed by atoms with Crippen LogP contribution in [0.5, 0.6) is 5.75 Å². The van der Waals surface area contributed by atoms with Gasteiger partial charge in [0, 0.05) is 5.39 Å². The predicted octanol–water partition coefficient (Wildman–Crippen LogP) is 5.68. The highest BCUT2D eigenvalue weighted by Gasteiger charge is 2.17. The number of rotatable bonds is 2. The summed E-state index contributed by atoms with van der Waals surface area (Å²) in [6.45, 7) is 0. The zero-order valence-electron chi connectivity index (χ0n) is 14.2. The van der Waals surface area contributed by atoms with Gasteiger partial charge in [0.15, 0.2) is 0 Å². The highest BCUT2D eigenvalue weighted by Crippen LogP contribution is 2.36. The smallest absolute Gasteiger partial charge is 0.141 e. The summed E-state index contributed by atoms with van der Waals surface area (Å²) in [5.74, 6) is 0.216. The molecule has 0 spiro atoms. The molecule has 0 aliphatic heterocycles. The molecule has 0 saturated carbocycles. The number of fused-ring (bicyclic) bond motifs is 4. The average molecular weight is 335 g/mol. The van der Waals surface area contributed by atoms with E-state index in [2.05, 4.69) is 53.5 Å². The lowest BCUT2D eigenvalue weighted by Gasteiger charge is -2.03. The van der Waals surface area contributed by atoms with Crippen molar-refractivity contribution in [2.45, 2.75) is 6.42 Å². The summed E-state index contributed by atoms with van der Waals surface area (Å²) in [5, 5.41) is 10.9. The molecule has 0 amide bonds. The van der Waals surface area contributed by atoms with E-state index >= 15 is 0 Å². The summed E-state index contributed by atoms with van der Waals surface area (Å²) in [7, 11) is 0. The van der Waals surface area contributed by atoms with Crippen LogP contribution in [0.1, 0.15) is 22.4 Å². The van der Waals surface area contributed by atoms with Gasteiger partial charge in [0.2, 0.25) is 0 Å². The Morgan fingerprint density at radius 2 is 1.65 bits per heavy atom. The first-order valence-corrected chi connectivity index (χ1v) is 8.76. The number of phenols is 1. The Balaban J connectivity index is 1.47. The van der Waals surface area contributed by atoms with E-state index in [1.165, 1.54) is 22.3 Å². The molecule has 0 saturated heterocycles. The van der Waals surface area contributed by atoms with Crippen LogP contribution in [0.3, 0.4) is 0 Å². The molecule has 1 aliphatic rings. The van der Waals surface area contributed by atoms with Crippen molar-refractivity contribution < 1.29 is 5.11 Å². The number of hydrogen-bond donors (Lipinski definition) is 1. The summed E-state index contributed by atoms with van der Waals surface area (Å²) in [4.78, 5) is 4.56. The van der Waals surface area contributed by atoms with E-state index in [0.717, 1.165) is 23.1 Å². The van der Waals surface area contributed by atoms with Crippen molar-refractivity contribution in [3.63, 3.8) is 0 Å². The Morgan fingerprint density at radius 1 is 0.769 bits per heavy atom. The molecule has 2 nitrogen and oxygen atoms in total. The van der Waals surface area contributed by atoms with Crippen molar-refractivity contribution in [3.05, 3.63) is 95.2 Å². The fraction of sp³-hybridized carbons (Fsp3) is 0.0417. The highest BCUT2D eigenvalue weighted by atomic mass is 16.3. The van der Waals surface area contributed by atoms with Crippen molar-refractivity contribution in [1.82, 2.24) is 4.98 Å². The molecule has 26 heavy (non-hydrogen) atoms. The molecule has 1 aromatic heterocycles. The van der Waals surface area contributed by atoms with Crippen molar-refractivity contribution in [3.8, 4) is 16.9 Å². The summed E-state index contributed by atoms with van der Waals surface area (Å²) in [5.41, 5.74) is 8.10. The second-order valence-corrected chi connectivity index (χ2v) is 6.67. The van der Waals surface area contributed by atoms with Gasteiger partial charge in [-0.25, -0.2) is 4.98 Å². The molecule has 0 unspecified atom stereocenters. The number of para-hydroxylation sites is 1. The molecule has 1 N–H and O–H groups in total. The maximum absolute atomic E-state index is 9.99. The number of aromatic nitrogens is 1. The molecular weight excluding hydrogens is 318 g/mol. The molecule has 3 aromatic carbocycles. The Kier molecular flexibility index (Phi) is 3.36. The topological polar surface area (TPSA) is 33.1 Å². The zero-order chi connectivity index (χ0) is 17.5. The molecule has 0 atom stereocenters. The van der Waals surface area contributed by atoms with Gasteiger partial charge in [-0.1, -0.05) is 66.7 Å². The van der Waals surface area contributed by atoms with Crippen LogP contribution >= 0.6 is 0 Å². The molecule has 124 valence electrons. The van der Waals surface area contributed by atoms with E-state index < -0.39 is 0 Å². The Morgan fingerprint density at radius 3 is 2.62 bits per heavy atom. The third kappa shape index (κ3) is 2.47. The number of pyridine rings is 1. The van der Waals surface area contributed by atoms with Gasteiger partial charge in [-0.3, -0.25) is 0 Å². The van der Waals surface area contributed by atoms with E-state index in [0.29, 0.717) is 5.52 Å². The minimum atomic E-state index is 0.216. The zero-order valence-corrected chi connectivity index (χ0v) is 14.2. The monoisotopic (exact) mass is 335 g/mol. The summed E-state index contributed by atoms with van der Waals surface area (Å²) >= 11 is 0. The summed E-state index contributed by atoms with van der Waals surface area (Å²) < 4.78 is 0. The van der Waals surface area contributed by atoms with Crippen molar-refractivity contribution in [1.29, 1.82) is 0 Å². The Labute approximate surface area is 152 Å². The lowest BCUT2D eigenvalue weighted by Crippen LogP contribution is -1.85. The van der Waals surface area contributed by atoms with E-state index in [1.54, 1.807) is 6.07 Å². The van der Waals surface area contributed by atoms with Crippen molar-refractivity contribution in [2.24, 2.45) is 0 Å². The molecule has 2 heteroatoms. The van der Waals surface area contributed by atoms with Crippen LogP contribution in [-0.2, 0) is 6.42 Å². The van der Waals surface area contributed by atoms with Crippen molar-refractivity contribution in [2.75, 3.05) is 0 Å². The molecule has 0 bridgehead atoms. The molecule has 1 aliphatic carbocycles. The molecule has 1 heterocycles. The van der Waals surface area contributed by atoms with Gasteiger partial charge in [-0.2, -0.15) is 0 Å². The third-order valence-corrected chi connectivity index (χ3v) is 4.98. The maximum Gasteiger partial charge on any atom is 0.141 e. The van der Waals surface area contributed by atoms with Crippen LogP contribution in [0.4, 0.5) is 0 Å². The standard InChI is InChI=1S/C24H17NO/c26-23-7-3-5-17-10-12-20(25-24(17)23)11-8-16-9-13-22-19(14-16)15-18-4-1-2-6-21(18)22/h1-14,26H,15H2/b11-8+. The largest absolute Gasteiger partial charge is 0.506 e. The maximum atomic E-state index is 9.99. The quantitative estimate of drug-likeness (QED) is 0.450. The Hall–Kier alpha value is -3.39. The third-order valence-electron chi connectivity index (χ3n) is 4.98. The van der Waals surface area contributed by atoms with Crippen LogP contribution in [-0.4, -0.2) is 10.1 Å². The molecule has 0 radical (unpaired) electrons. The van der Waals surface area contributed by atoms with Crippen LogP contribution in [0.15, 0.2) is 72.8 Å². The number of aromatic hydroxyl groups is 1. The van der Waals surface area contributed by atoms with Gasteiger partial charge in [-0.15, -0.1) is 0 Å². The van der Waals surface area contributed by atoms with E-state index in [-0.39, 0.29) is 5.75 Å². The molecular formula is C24H17NO. The number of hydrogen-bond acceptors (Lipinski definition) is 2. The first-order chi connectivity index (χ1) is 12.8. The van der Waals surface area contributed by atoms with Crippen molar-refractivity contribution >= 4 is 23.1 Å². The minimum Gasteiger partial charge on any atom is -0.506 e. The summed E-state index contributed by atoms with van der Waals surface area (Å²) in [6.07, 6.45) is 5.07. The molecule has 0 fully saturated rings. The van der Waals surface area contributed by atoms with Gasteiger partial charge in [0.25, 0.3) is 0 Å². The first kappa shape index (κ1) is 14.9. The number of phenolic OH excluding ortho intramolecular Hbond substituents is 1. The van der Waals surface area contributed by atoms with Crippen LogP contribution in [0.2, 0.25) is 0 Å². The van der Waals surface area contributed by atoms with E-state index in [9.17, 15) is 5.11 Å². The van der Waals surface area contributed by atoms with Gasteiger partial charge < -0.3 is 5.11 Å². The molecule has 5 rings (SSSR count). The van der Waals surface area contributed by atoms with Gasteiger partial charge >= 0.3 is 0 Å². The van der Waals surface area contributed by atoms with E-state index in [1.807, 2.05) is 30.3 Å². The highest BCUT2D eigenvalue weighted by molar-refractivity contribution is 5.86. The lowest BCUT2D eigenvalue weighted by atomic mass is 10.0. The minimum absolute atomic E-state index is 0.216. The summed E-state index contributed by atoms with van der Waals surface area (Å²) in [6, 6.07) is 24.6. The normalized spacial score (nSPS) is 12.5. The first-order valence-electron chi connectivity index (χ1n) is 8.76. The number of nitrogens with zero attached hydrogens (tertiary/aromatic N) is 1. The van der Waals surface area contributed by atoms with Gasteiger partial charge in [0.05, 0.1) is 5.69 Å². The van der Waals surface area contributed by atoms with Crippen LogP contribution in [0, 0.1) is 0 Å². The molecule has 4 aromatic rings. The fourth-order valence-electron chi connectivity index (χ4n) is 3.69.